The molecule has 0 unspecified atom stereocenters. The molecule has 0 amide bonds. The summed E-state index contributed by atoms with van der Waals surface area (Å²) in [7, 11) is 1.52. The molecule has 18 heavy (non-hydrogen) atoms. The fourth-order valence-corrected chi connectivity index (χ4v) is 1.81. The molecular weight excluding hydrogens is 248 g/mol. The molecule has 0 heterocycles. The van der Waals surface area contributed by atoms with Crippen LogP contribution in [-0.2, 0) is 0 Å². The van der Waals surface area contributed by atoms with Gasteiger partial charge in [0.25, 0.3) is 0 Å². The minimum atomic E-state index is 0.130. The molecule has 2 aromatic rings. The summed E-state index contributed by atoms with van der Waals surface area (Å²) in [6.07, 6.45) is 3.85. The Hall–Kier alpha value is -1.93. The predicted molar refractivity (Wildman–Crippen MR) is 75.0 cm³/mol. The lowest BCUT2D eigenvalue weighted by Crippen LogP contribution is -1.83. The molecule has 0 aliphatic heterocycles. The molecule has 0 bridgehead atoms. The Bertz CT molecular complexity index is 576. The number of phenols is 1. The average Bonchev–Trinajstić information content (AvgIpc) is 2.37. The summed E-state index contributed by atoms with van der Waals surface area (Å²) in [6.45, 7) is 0. The SMILES string of the molecule is COc1ccc(/C=C/c2cccc(Cl)c2)cc1O. The van der Waals surface area contributed by atoms with Crippen LogP contribution in [0.5, 0.6) is 11.5 Å². The maximum Gasteiger partial charge on any atom is 0.160 e. The smallest absolute Gasteiger partial charge is 0.160 e. The van der Waals surface area contributed by atoms with Gasteiger partial charge in [-0.05, 0) is 35.4 Å². The highest BCUT2D eigenvalue weighted by molar-refractivity contribution is 6.30. The maximum atomic E-state index is 9.65. The first-order valence-corrected chi connectivity index (χ1v) is 5.87. The van der Waals surface area contributed by atoms with Crippen LogP contribution >= 0.6 is 11.6 Å². The van der Waals surface area contributed by atoms with E-state index in [0.717, 1.165) is 11.1 Å². The van der Waals surface area contributed by atoms with Gasteiger partial charge in [-0.2, -0.15) is 0 Å². The van der Waals surface area contributed by atoms with Crippen molar-refractivity contribution >= 4 is 23.8 Å². The van der Waals surface area contributed by atoms with Gasteiger partial charge in [0.2, 0.25) is 0 Å². The molecule has 0 saturated heterocycles. The largest absolute Gasteiger partial charge is 0.504 e. The summed E-state index contributed by atoms with van der Waals surface area (Å²) in [6, 6.07) is 12.8. The Balaban J connectivity index is 2.21. The molecule has 2 rings (SSSR count). The van der Waals surface area contributed by atoms with E-state index in [4.69, 9.17) is 16.3 Å². The van der Waals surface area contributed by atoms with Crippen molar-refractivity contribution in [2.24, 2.45) is 0 Å². The monoisotopic (exact) mass is 260 g/mol. The molecule has 0 saturated carbocycles. The molecule has 0 fully saturated rings. The number of halogens is 1. The number of hydrogen-bond acceptors (Lipinski definition) is 2. The maximum absolute atomic E-state index is 9.65. The van der Waals surface area contributed by atoms with Crippen LogP contribution in [0.1, 0.15) is 11.1 Å². The van der Waals surface area contributed by atoms with Gasteiger partial charge in [0, 0.05) is 5.02 Å². The molecule has 0 atom stereocenters. The summed E-state index contributed by atoms with van der Waals surface area (Å²) in [5.74, 6) is 0.598. The second-order valence-corrected chi connectivity index (χ2v) is 4.26. The normalized spacial score (nSPS) is 10.8. The minimum absolute atomic E-state index is 0.130. The van der Waals surface area contributed by atoms with Crippen molar-refractivity contribution in [2.45, 2.75) is 0 Å². The van der Waals surface area contributed by atoms with Crippen molar-refractivity contribution < 1.29 is 9.84 Å². The molecule has 0 aromatic heterocycles. The first-order chi connectivity index (χ1) is 8.69. The number of methoxy groups -OCH3 is 1. The van der Waals surface area contributed by atoms with Crippen molar-refractivity contribution in [1.82, 2.24) is 0 Å². The Morgan fingerprint density at radius 2 is 1.78 bits per heavy atom. The fourth-order valence-electron chi connectivity index (χ4n) is 1.61. The van der Waals surface area contributed by atoms with E-state index in [1.807, 2.05) is 42.5 Å². The standard InChI is InChI=1S/C15H13ClO2/c1-18-15-8-7-12(10-14(15)17)6-5-11-3-2-4-13(16)9-11/h2-10,17H,1H3/b6-5+. The van der Waals surface area contributed by atoms with Crippen LogP contribution in [0.25, 0.3) is 12.2 Å². The van der Waals surface area contributed by atoms with Gasteiger partial charge in [0.15, 0.2) is 11.5 Å². The van der Waals surface area contributed by atoms with E-state index in [1.54, 1.807) is 12.1 Å². The summed E-state index contributed by atoms with van der Waals surface area (Å²) < 4.78 is 4.99. The van der Waals surface area contributed by atoms with Crippen LogP contribution in [0.4, 0.5) is 0 Å². The summed E-state index contributed by atoms with van der Waals surface area (Å²) in [5.41, 5.74) is 1.91. The highest BCUT2D eigenvalue weighted by atomic mass is 35.5. The summed E-state index contributed by atoms with van der Waals surface area (Å²) in [5, 5.41) is 10.4. The van der Waals surface area contributed by atoms with Crippen molar-refractivity contribution in [1.29, 1.82) is 0 Å². The van der Waals surface area contributed by atoms with Crippen LogP contribution in [-0.4, -0.2) is 12.2 Å². The lowest BCUT2D eigenvalue weighted by atomic mass is 10.1. The zero-order chi connectivity index (χ0) is 13.0. The molecule has 0 aliphatic carbocycles. The highest BCUT2D eigenvalue weighted by Crippen LogP contribution is 2.27. The molecule has 2 nitrogen and oxygen atoms in total. The van der Waals surface area contributed by atoms with E-state index in [-0.39, 0.29) is 5.75 Å². The minimum Gasteiger partial charge on any atom is -0.504 e. The third-order valence-corrected chi connectivity index (χ3v) is 2.75. The number of rotatable bonds is 3. The molecule has 0 radical (unpaired) electrons. The van der Waals surface area contributed by atoms with E-state index >= 15 is 0 Å². The van der Waals surface area contributed by atoms with E-state index < -0.39 is 0 Å². The molecule has 3 heteroatoms. The third kappa shape index (κ3) is 3.05. The predicted octanol–water partition coefficient (Wildman–Crippen LogP) is 4.22. The third-order valence-electron chi connectivity index (χ3n) is 2.52. The topological polar surface area (TPSA) is 29.5 Å². The van der Waals surface area contributed by atoms with Crippen molar-refractivity contribution in [3.8, 4) is 11.5 Å². The number of benzene rings is 2. The lowest BCUT2D eigenvalue weighted by molar-refractivity contribution is 0.373. The molecular formula is C15H13ClO2. The molecule has 1 N–H and O–H groups in total. The van der Waals surface area contributed by atoms with Crippen LogP contribution in [0, 0.1) is 0 Å². The Labute approximate surface area is 111 Å². The number of phenolic OH excluding ortho intramolecular Hbond substituents is 1. The summed E-state index contributed by atoms with van der Waals surface area (Å²) >= 11 is 5.90. The Morgan fingerprint density at radius 3 is 2.39 bits per heavy atom. The Morgan fingerprint density at radius 1 is 1.06 bits per heavy atom. The first kappa shape index (κ1) is 12.5. The van der Waals surface area contributed by atoms with Crippen LogP contribution in [0.15, 0.2) is 42.5 Å². The first-order valence-electron chi connectivity index (χ1n) is 5.50. The van der Waals surface area contributed by atoms with E-state index in [9.17, 15) is 5.11 Å². The van der Waals surface area contributed by atoms with Crippen molar-refractivity contribution in [2.75, 3.05) is 7.11 Å². The number of ether oxygens (including phenoxy) is 1. The summed E-state index contributed by atoms with van der Waals surface area (Å²) in [4.78, 5) is 0. The van der Waals surface area contributed by atoms with Gasteiger partial charge >= 0.3 is 0 Å². The van der Waals surface area contributed by atoms with Crippen LogP contribution in [0.3, 0.4) is 0 Å². The van der Waals surface area contributed by atoms with Gasteiger partial charge in [0.1, 0.15) is 0 Å². The second kappa shape index (κ2) is 5.61. The fraction of sp³-hybridized carbons (Fsp3) is 0.0667. The molecule has 0 aliphatic rings. The number of aromatic hydroxyl groups is 1. The van der Waals surface area contributed by atoms with Crippen molar-refractivity contribution in [3.63, 3.8) is 0 Å². The van der Waals surface area contributed by atoms with Gasteiger partial charge in [0.05, 0.1) is 7.11 Å². The molecule has 2 aromatic carbocycles. The van der Waals surface area contributed by atoms with Gasteiger partial charge < -0.3 is 9.84 Å². The Kier molecular flexibility index (Phi) is 3.90. The van der Waals surface area contributed by atoms with Gasteiger partial charge in [-0.1, -0.05) is 42.0 Å². The molecule has 0 spiro atoms. The van der Waals surface area contributed by atoms with Crippen LogP contribution < -0.4 is 4.74 Å². The highest BCUT2D eigenvalue weighted by Gasteiger charge is 2.00. The zero-order valence-corrected chi connectivity index (χ0v) is 10.7. The van der Waals surface area contributed by atoms with Gasteiger partial charge in [-0.3, -0.25) is 0 Å². The van der Waals surface area contributed by atoms with E-state index in [2.05, 4.69) is 0 Å². The molecule has 92 valence electrons. The second-order valence-electron chi connectivity index (χ2n) is 3.82. The van der Waals surface area contributed by atoms with Gasteiger partial charge in [-0.25, -0.2) is 0 Å². The van der Waals surface area contributed by atoms with E-state index in [0.29, 0.717) is 10.8 Å². The average molecular weight is 261 g/mol. The van der Waals surface area contributed by atoms with Crippen LogP contribution in [0.2, 0.25) is 5.02 Å². The zero-order valence-electron chi connectivity index (χ0n) is 9.93. The van der Waals surface area contributed by atoms with Crippen molar-refractivity contribution in [3.05, 3.63) is 58.6 Å². The van der Waals surface area contributed by atoms with E-state index in [1.165, 1.54) is 7.11 Å². The van der Waals surface area contributed by atoms with Gasteiger partial charge in [-0.15, -0.1) is 0 Å². The lowest BCUT2D eigenvalue weighted by Gasteiger charge is -2.03. The quantitative estimate of drug-likeness (QED) is 0.837. The number of hydrogen-bond donors (Lipinski definition) is 1.